The number of hydrogen-bond acceptors (Lipinski definition) is 4. The summed E-state index contributed by atoms with van der Waals surface area (Å²) in [5.41, 5.74) is -0.374. The molecule has 0 fully saturated rings. The molecule has 0 spiro atoms. The van der Waals surface area contributed by atoms with Crippen molar-refractivity contribution in [3.05, 3.63) is 51.0 Å². The number of halogens is 1. The van der Waals surface area contributed by atoms with Crippen LogP contribution in [0.25, 0.3) is 0 Å². The number of rotatable bonds is 3. The fourth-order valence-electron chi connectivity index (χ4n) is 1.23. The Labute approximate surface area is 110 Å². The third-order valence-electron chi connectivity index (χ3n) is 2.01. The number of aromatic hydroxyl groups is 1. The van der Waals surface area contributed by atoms with E-state index in [2.05, 4.69) is 25.9 Å². The number of hydrogen-bond donors (Lipinski definition) is 2. The average Bonchev–Trinajstić information content (AvgIpc) is 2.34. The number of thioether (sulfide) groups is 1. The van der Waals surface area contributed by atoms with Gasteiger partial charge in [0.25, 0.3) is 5.56 Å². The van der Waals surface area contributed by atoms with Crippen molar-refractivity contribution in [2.45, 2.75) is 10.6 Å². The van der Waals surface area contributed by atoms with Gasteiger partial charge in [-0.05, 0) is 28.1 Å². The zero-order valence-corrected chi connectivity index (χ0v) is 11.1. The minimum atomic E-state index is -0.374. The number of nitrogens with one attached hydrogen (secondary N) is 1. The van der Waals surface area contributed by atoms with Gasteiger partial charge in [0.15, 0.2) is 0 Å². The number of H-pyrrole nitrogens is 1. The molecular weight excluding hydrogens is 304 g/mol. The Morgan fingerprint density at radius 1 is 1.35 bits per heavy atom. The molecule has 0 aliphatic carbocycles. The van der Waals surface area contributed by atoms with Crippen molar-refractivity contribution in [1.82, 2.24) is 9.97 Å². The molecule has 0 aliphatic heterocycles. The van der Waals surface area contributed by atoms with Gasteiger partial charge < -0.3 is 10.1 Å². The Kier molecular flexibility index (Phi) is 3.86. The minimum absolute atomic E-state index is 0.0611. The van der Waals surface area contributed by atoms with Crippen molar-refractivity contribution >= 4 is 27.7 Å². The summed E-state index contributed by atoms with van der Waals surface area (Å²) in [4.78, 5) is 18.9. The SMILES string of the molecule is O=c1[nH]c(CSc2ccccc2)nc(O)c1Br. The van der Waals surface area contributed by atoms with Gasteiger partial charge in [0.1, 0.15) is 10.3 Å². The van der Waals surface area contributed by atoms with Gasteiger partial charge in [0.2, 0.25) is 5.88 Å². The fourth-order valence-corrected chi connectivity index (χ4v) is 2.21. The van der Waals surface area contributed by atoms with Crippen molar-refractivity contribution in [3.63, 3.8) is 0 Å². The monoisotopic (exact) mass is 312 g/mol. The summed E-state index contributed by atoms with van der Waals surface area (Å²) in [7, 11) is 0. The van der Waals surface area contributed by atoms with Crippen LogP contribution in [0.15, 0.2) is 44.5 Å². The molecule has 1 heterocycles. The van der Waals surface area contributed by atoms with Gasteiger partial charge in [0, 0.05) is 4.90 Å². The number of aromatic nitrogens is 2. The summed E-state index contributed by atoms with van der Waals surface area (Å²) in [6, 6.07) is 9.77. The van der Waals surface area contributed by atoms with Crippen molar-refractivity contribution in [3.8, 4) is 5.88 Å². The first kappa shape index (κ1) is 12.2. The lowest BCUT2D eigenvalue weighted by Crippen LogP contribution is -2.11. The number of benzene rings is 1. The molecule has 4 nitrogen and oxygen atoms in total. The first-order valence-corrected chi connectivity index (χ1v) is 6.60. The van der Waals surface area contributed by atoms with Gasteiger partial charge in [-0.1, -0.05) is 18.2 Å². The van der Waals surface area contributed by atoms with Gasteiger partial charge in [-0.2, -0.15) is 4.98 Å². The summed E-state index contributed by atoms with van der Waals surface area (Å²) in [6.07, 6.45) is 0. The summed E-state index contributed by atoms with van der Waals surface area (Å²) in [5.74, 6) is 0.669. The van der Waals surface area contributed by atoms with E-state index in [1.807, 2.05) is 30.3 Å². The molecule has 88 valence electrons. The molecule has 2 aromatic rings. The zero-order chi connectivity index (χ0) is 12.3. The van der Waals surface area contributed by atoms with Gasteiger partial charge in [-0.15, -0.1) is 11.8 Å². The van der Waals surface area contributed by atoms with E-state index in [0.717, 1.165) is 4.90 Å². The van der Waals surface area contributed by atoms with Crippen LogP contribution in [0.3, 0.4) is 0 Å². The molecule has 17 heavy (non-hydrogen) atoms. The van der Waals surface area contributed by atoms with E-state index in [0.29, 0.717) is 11.6 Å². The first-order valence-electron chi connectivity index (χ1n) is 4.82. The van der Waals surface area contributed by atoms with Gasteiger partial charge in [0.05, 0.1) is 5.75 Å². The molecular formula is C11H9BrN2O2S. The van der Waals surface area contributed by atoms with Gasteiger partial charge >= 0.3 is 0 Å². The van der Waals surface area contributed by atoms with E-state index in [4.69, 9.17) is 0 Å². The fraction of sp³-hybridized carbons (Fsp3) is 0.0909. The van der Waals surface area contributed by atoms with Gasteiger partial charge in [-0.25, -0.2) is 0 Å². The molecule has 0 bridgehead atoms. The predicted molar refractivity (Wildman–Crippen MR) is 70.2 cm³/mol. The largest absolute Gasteiger partial charge is 0.492 e. The second-order valence-corrected chi connectivity index (χ2v) is 5.09. The highest BCUT2D eigenvalue weighted by Crippen LogP contribution is 2.22. The van der Waals surface area contributed by atoms with Crippen LogP contribution in [-0.2, 0) is 5.75 Å². The maximum Gasteiger partial charge on any atom is 0.269 e. The topological polar surface area (TPSA) is 66.0 Å². The third-order valence-corrected chi connectivity index (χ3v) is 3.75. The Hall–Kier alpha value is -1.27. The van der Waals surface area contributed by atoms with Crippen LogP contribution in [-0.4, -0.2) is 15.1 Å². The Morgan fingerprint density at radius 2 is 2.06 bits per heavy atom. The van der Waals surface area contributed by atoms with E-state index in [9.17, 15) is 9.90 Å². The average molecular weight is 313 g/mol. The van der Waals surface area contributed by atoms with Crippen molar-refractivity contribution in [1.29, 1.82) is 0 Å². The molecule has 1 aromatic heterocycles. The predicted octanol–water partition coefficient (Wildman–Crippen LogP) is 2.53. The van der Waals surface area contributed by atoms with Crippen LogP contribution < -0.4 is 5.56 Å². The lowest BCUT2D eigenvalue weighted by atomic mass is 10.4. The van der Waals surface area contributed by atoms with E-state index < -0.39 is 0 Å². The molecule has 0 aliphatic rings. The molecule has 0 radical (unpaired) electrons. The van der Waals surface area contributed by atoms with Crippen molar-refractivity contribution in [2.75, 3.05) is 0 Å². The Balaban J connectivity index is 2.13. The number of nitrogens with zero attached hydrogens (tertiary/aromatic N) is 1. The molecule has 0 saturated carbocycles. The molecule has 0 unspecified atom stereocenters. The van der Waals surface area contributed by atoms with E-state index in [1.54, 1.807) is 0 Å². The molecule has 0 amide bonds. The molecule has 0 atom stereocenters. The van der Waals surface area contributed by atoms with Crippen LogP contribution in [0, 0.1) is 0 Å². The van der Waals surface area contributed by atoms with Crippen LogP contribution >= 0.6 is 27.7 Å². The van der Waals surface area contributed by atoms with E-state index in [-0.39, 0.29) is 15.9 Å². The van der Waals surface area contributed by atoms with Gasteiger partial charge in [-0.3, -0.25) is 4.79 Å². The minimum Gasteiger partial charge on any atom is -0.492 e. The second-order valence-electron chi connectivity index (χ2n) is 3.25. The smallest absolute Gasteiger partial charge is 0.269 e. The van der Waals surface area contributed by atoms with Crippen molar-refractivity contribution in [2.24, 2.45) is 0 Å². The van der Waals surface area contributed by atoms with Crippen LogP contribution in [0.1, 0.15) is 5.82 Å². The third kappa shape index (κ3) is 3.10. The highest BCUT2D eigenvalue weighted by molar-refractivity contribution is 9.10. The Morgan fingerprint density at radius 3 is 2.71 bits per heavy atom. The van der Waals surface area contributed by atoms with Crippen LogP contribution in [0.4, 0.5) is 0 Å². The highest BCUT2D eigenvalue weighted by Gasteiger charge is 2.07. The summed E-state index contributed by atoms with van der Waals surface area (Å²) in [6.45, 7) is 0. The molecule has 6 heteroatoms. The Bertz CT molecular complexity index is 571. The quantitative estimate of drug-likeness (QED) is 0.855. The van der Waals surface area contributed by atoms with Crippen LogP contribution in [0.2, 0.25) is 0 Å². The van der Waals surface area contributed by atoms with E-state index >= 15 is 0 Å². The van der Waals surface area contributed by atoms with Crippen molar-refractivity contribution < 1.29 is 5.11 Å². The summed E-state index contributed by atoms with van der Waals surface area (Å²) < 4.78 is 0.0611. The zero-order valence-electron chi connectivity index (χ0n) is 8.68. The normalized spacial score (nSPS) is 10.4. The molecule has 1 aromatic carbocycles. The lowest BCUT2D eigenvalue weighted by Gasteiger charge is -2.02. The standard InChI is InChI=1S/C11H9BrN2O2S/c12-9-10(15)13-8(14-11(9)16)6-17-7-4-2-1-3-5-7/h1-5H,6H2,(H2,13,14,15,16). The highest BCUT2D eigenvalue weighted by atomic mass is 79.9. The maximum atomic E-state index is 11.4. The molecule has 2 N–H and O–H groups in total. The summed E-state index contributed by atoms with van der Waals surface area (Å²) in [5, 5.41) is 9.39. The first-order chi connectivity index (χ1) is 8.16. The summed E-state index contributed by atoms with van der Waals surface area (Å²) >= 11 is 4.48. The molecule has 2 rings (SSSR count). The van der Waals surface area contributed by atoms with E-state index in [1.165, 1.54) is 11.8 Å². The molecule has 0 saturated heterocycles. The number of aromatic amines is 1. The second kappa shape index (κ2) is 5.37. The maximum absolute atomic E-state index is 11.4. The lowest BCUT2D eigenvalue weighted by molar-refractivity contribution is 0.444. The van der Waals surface area contributed by atoms with Crippen LogP contribution in [0.5, 0.6) is 5.88 Å².